The van der Waals surface area contributed by atoms with E-state index in [1.807, 2.05) is 32.0 Å². The SMILES string of the molecule is COc1ccc(Oc2cc(CNC(=O)[C@@H](N)C(C)C)ccn2)cc1.Cl. The highest BCUT2D eigenvalue weighted by atomic mass is 35.5. The van der Waals surface area contributed by atoms with E-state index in [1.54, 1.807) is 31.5 Å². The summed E-state index contributed by atoms with van der Waals surface area (Å²) in [6.07, 6.45) is 1.64. The minimum atomic E-state index is -0.512. The molecule has 1 aromatic carbocycles. The topological polar surface area (TPSA) is 86.5 Å². The Morgan fingerprint density at radius 2 is 1.84 bits per heavy atom. The van der Waals surface area contributed by atoms with Gasteiger partial charge in [-0.3, -0.25) is 4.79 Å². The number of carbonyl (C=O) groups excluding carboxylic acids is 1. The van der Waals surface area contributed by atoms with Gasteiger partial charge in [-0.05, 0) is 41.8 Å². The number of amides is 1. The average Bonchev–Trinajstić information content (AvgIpc) is 2.60. The summed E-state index contributed by atoms with van der Waals surface area (Å²) in [5.41, 5.74) is 6.71. The third-order valence-electron chi connectivity index (χ3n) is 3.57. The van der Waals surface area contributed by atoms with E-state index in [2.05, 4.69) is 10.3 Å². The molecule has 0 aliphatic heterocycles. The summed E-state index contributed by atoms with van der Waals surface area (Å²) >= 11 is 0. The molecular weight excluding hydrogens is 342 g/mol. The van der Waals surface area contributed by atoms with Gasteiger partial charge in [-0.2, -0.15) is 0 Å². The third-order valence-corrected chi connectivity index (χ3v) is 3.57. The summed E-state index contributed by atoms with van der Waals surface area (Å²) in [5, 5.41) is 2.82. The van der Waals surface area contributed by atoms with Crippen molar-refractivity contribution in [1.82, 2.24) is 10.3 Å². The van der Waals surface area contributed by atoms with E-state index in [0.29, 0.717) is 18.2 Å². The van der Waals surface area contributed by atoms with Crippen molar-refractivity contribution in [3.63, 3.8) is 0 Å². The lowest BCUT2D eigenvalue weighted by Crippen LogP contribution is -2.43. The van der Waals surface area contributed by atoms with Crippen LogP contribution in [0, 0.1) is 5.92 Å². The van der Waals surface area contributed by atoms with Crippen molar-refractivity contribution < 1.29 is 14.3 Å². The lowest BCUT2D eigenvalue weighted by Gasteiger charge is -2.15. The molecule has 0 fully saturated rings. The van der Waals surface area contributed by atoms with Gasteiger partial charge in [0, 0.05) is 18.8 Å². The van der Waals surface area contributed by atoms with E-state index in [-0.39, 0.29) is 24.2 Å². The van der Waals surface area contributed by atoms with Gasteiger partial charge >= 0.3 is 0 Å². The van der Waals surface area contributed by atoms with E-state index in [4.69, 9.17) is 15.2 Å². The highest BCUT2D eigenvalue weighted by molar-refractivity contribution is 5.85. The normalized spacial score (nSPS) is 11.4. The number of hydrogen-bond donors (Lipinski definition) is 2. The minimum Gasteiger partial charge on any atom is -0.497 e. The Kier molecular flexibility index (Phi) is 8.18. The van der Waals surface area contributed by atoms with Crippen molar-refractivity contribution in [3.8, 4) is 17.4 Å². The fourth-order valence-corrected chi connectivity index (χ4v) is 1.99. The second kappa shape index (κ2) is 9.86. The largest absolute Gasteiger partial charge is 0.497 e. The fourth-order valence-electron chi connectivity index (χ4n) is 1.99. The molecule has 1 aromatic heterocycles. The predicted molar refractivity (Wildman–Crippen MR) is 99.2 cm³/mol. The van der Waals surface area contributed by atoms with Crippen molar-refractivity contribution in [2.75, 3.05) is 7.11 Å². The average molecular weight is 366 g/mol. The van der Waals surface area contributed by atoms with Gasteiger partial charge in [0.15, 0.2) is 0 Å². The summed E-state index contributed by atoms with van der Waals surface area (Å²) < 4.78 is 10.8. The Morgan fingerprint density at radius 1 is 1.20 bits per heavy atom. The molecule has 0 unspecified atom stereocenters. The highest BCUT2D eigenvalue weighted by Gasteiger charge is 2.16. The zero-order valence-corrected chi connectivity index (χ0v) is 15.4. The second-order valence-corrected chi connectivity index (χ2v) is 5.77. The number of pyridine rings is 1. The van der Waals surface area contributed by atoms with Gasteiger partial charge in [-0.15, -0.1) is 12.4 Å². The van der Waals surface area contributed by atoms with E-state index >= 15 is 0 Å². The summed E-state index contributed by atoms with van der Waals surface area (Å²) in [4.78, 5) is 16.1. The van der Waals surface area contributed by atoms with Crippen LogP contribution in [0.15, 0.2) is 42.6 Å². The maximum Gasteiger partial charge on any atom is 0.237 e. The number of nitrogens with zero attached hydrogens (tertiary/aromatic N) is 1. The molecule has 1 atom stereocenters. The summed E-state index contributed by atoms with van der Waals surface area (Å²) in [5.74, 6) is 1.80. The number of aromatic nitrogens is 1. The molecule has 1 amide bonds. The number of carbonyl (C=O) groups is 1. The number of benzene rings is 1. The number of rotatable bonds is 7. The molecular formula is C18H24ClN3O3. The van der Waals surface area contributed by atoms with Gasteiger partial charge in [-0.1, -0.05) is 13.8 Å². The van der Waals surface area contributed by atoms with Crippen LogP contribution < -0.4 is 20.5 Å². The molecule has 0 radical (unpaired) electrons. The van der Waals surface area contributed by atoms with E-state index in [9.17, 15) is 4.79 Å². The van der Waals surface area contributed by atoms with Gasteiger partial charge in [0.2, 0.25) is 11.8 Å². The van der Waals surface area contributed by atoms with Crippen LogP contribution in [-0.2, 0) is 11.3 Å². The molecule has 0 aliphatic carbocycles. The molecule has 0 spiro atoms. The number of halogens is 1. The number of methoxy groups -OCH3 is 1. The van der Waals surface area contributed by atoms with Crippen molar-refractivity contribution in [2.45, 2.75) is 26.4 Å². The minimum absolute atomic E-state index is 0. The maximum atomic E-state index is 11.9. The van der Waals surface area contributed by atoms with Gasteiger partial charge in [0.1, 0.15) is 11.5 Å². The Morgan fingerprint density at radius 3 is 2.44 bits per heavy atom. The van der Waals surface area contributed by atoms with E-state index in [0.717, 1.165) is 11.3 Å². The Hall–Kier alpha value is -2.31. The van der Waals surface area contributed by atoms with Crippen LogP contribution in [0.3, 0.4) is 0 Å². The van der Waals surface area contributed by atoms with Crippen LogP contribution in [0.2, 0.25) is 0 Å². The van der Waals surface area contributed by atoms with Crippen molar-refractivity contribution in [1.29, 1.82) is 0 Å². The molecule has 2 rings (SSSR count). The van der Waals surface area contributed by atoms with Gasteiger partial charge in [0.25, 0.3) is 0 Å². The van der Waals surface area contributed by atoms with Crippen LogP contribution in [0.4, 0.5) is 0 Å². The van der Waals surface area contributed by atoms with Gasteiger partial charge in [-0.25, -0.2) is 4.98 Å². The molecule has 136 valence electrons. The first kappa shape index (κ1) is 20.7. The van der Waals surface area contributed by atoms with Crippen molar-refractivity contribution in [3.05, 3.63) is 48.2 Å². The zero-order valence-electron chi connectivity index (χ0n) is 14.6. The molecule has 2 aromatic rings. The Balaban J connectivity index is 0.00000312. The molecule has 0 saturated heterocycles. The van der Waals surface area contributed by atoms with Crippen molar-refractivity contribution in [2.24, 2.45) is 11.7 Å². The lowest BCUT2D eigenvalue weighted by atomic mass is 10.1. The van der Waals surface area contributed by atoms with Crippen LogP contribution in [0.25, 0.3) is 0 Å². The number of nitrogens with two attached hydrogens (primary N) is 1. The van der Waals surface area contributed by atoms with Gasteiger partial charge in [0.05, 0.1) is 13.2 Å². The maximum absolute atomic E-state index is 11.9. The molecule has 25 heavy (non-hydrogen) atoms. The predicted octanol–water partition coefficient (Wildman–Crippen LogP) is 2.90. The summed E-state index contributed by atoms with van der Waals surface area (Å²) in [7, 11) is 1.61. The second-order valence-electron chi connectivity index (χ2n) is 5.77. The molecule has 3 N–H and O–H groups in total. The fraction of sp³-hybridized carbons (Fsp3) is 0.333. The monoisotopic (exact) mass is 365 g/mol. The first-order valence-electron chi connectivity index (χ1n) is 7.79. The van der Waals surface area contributed by atoms with Crippen molar-refractivity contribution >= 4 is 18.3 Å². The molecule has 7 heteroatoms. The van der Waals surface area contributed by atoms with Gasteiger partial charge < -0.3 is 20.5 Å². The van der Waals surface area contributed by atoms with E-state index < -0.39 is 6.04 Å². The van der Waals surface area contributed by atoms with E-state index in [1.165, 1.54) is 0 Å². The molecule has 6 nitrogen and oxygen atoms in total. The third kappa shape index (κ3) is 6.25. The zero-order chi connectivity index (χ0) is 17.5. The lowest BCUT2D eigenvalue weighted by molar-refractivity contribution is -0.123. The molecule has 0 aliphatic rings. The van der Waals surface area contributed by atoms with Crippen LogP contribution in [0.5, 0.6) is 17.4 Å². The number of ether oxygens (including phenoxy) is 2. The first-order chi connectivity index (χ1) is 11.5. The van der Waals surface area contributed by atoms with Crippen LogP contribution >= 0.6 is 12.4 Å². The first-order valence-corrected chi connectivity index (χ1v) is 7.79. The quantitative estimate of drug-likeness (QED) is 0.787. The summed E-state index contributed by atoms with van der Waals surface area (Å²) in [6, 6.07) is 10.3. The summed E-state index contributed by atoms with van der Waals surface area (Å²) in [6.45, 7) is 4.20. The number of nitrogens with one attached hydrogen (secondary N) is 1. The molecule has 1 heterocycles. The molecule has 0 bridgehead atoms. The number of hydrogen-bond acceptors (Lipinski definition) is 5. The standard InChI is InChI=1S/C18H23N3O3.ClH/c1-12(2)17(19)18(22)21-11-13-8-9-20-16(10-13)24-15-6-4-14(23-3)5-7-15;/h4-10,12,17H,11,19H2,1-3H3,(H,21,22);1H/t17-;/m0./s1. The van der Waals surface area contributed by atoms with Crippen LogP contribution in [0.1, 0.15) is 19.4 Å². The van der Waals surface area contributed by atoms with Crippen LogP contribution in [-0.4, -0.2) is 24.0 Å². The Labute approximate surface area is 154 Å². The Bertz CT molecular complexity index is 678. The molecule has 0 saturated carbocycles. The highest BCUT2D eigenvalue weighted by Crippen LogP contribution is 2.22. The smallest absolute Gasteiger partial charge is 0.237 e.